The number of likely N-dealkylation sites (N-methyl/N-ethyl adjacent to an activating group) is 1. The van der Waals surface area contributed by atoms with Gasteiger partial charge in [0.1, 0.15) is 0 Å². The van der Waals surface area contributed by atoms with Crippen molar-refractivity contribution in [1.82, 2.24) is 10.2 Å². The van der Waals surface area contributed by atoms with E-state index in [4.69, 9.17) is 4.74 Å². The van der Waals surface area contributed by atoms with Gasteiger partial charge in [-0.1, -0.05) is 6.92 Å². The molecule has 0 bridgehead atoms. The number of nitrogens with one attached hydrogen (secondary N) is 1. The molecule has 0 aliphatic carbocycles. The predicted octanol–water partition coefficient (Wildman–Crippen LogP) is 0.0637. The van der Waals surface area contributed by atoms with Gasteiger partial charge in [0, 0.05) is 48.5 Å². The summed E-state index contributed by atoms with van der Waals surface area (Å²) in [5.41, 5.74) is 0. The molecule has 1 heterocycles. The first-order valence-electron chi connectivity index (χ1n) is 5.99. The summed E-state index contributed by atoms with van der Waals surface area (Å²) in [5.74, 6) is 0.713. The molecule has 0 aromatic rings. The first-order chi connectivity index (χ1) is 7.61. The molecule has 1 fully saturated rings. The molecule has 16 heavy (non-hydrogen) atoms. The van der Waals surface area contributed by atoms with Crippen LogP contribution in [0.2, 0.25) is 0 Å². The second kappa shape index (κ2) is 7.37. The van der Waals surface area contributed by atoms with Crippen molar-refractivity contribution < 1.29 is 8.95 Å². The Bertz CT molecular complexity index is 226. The Morgan fingerprint density at radius 1 is 1.62 bits per heavy atom. The number of hydrogen-bond acceptors (Lipinski definition) is 4. The highest BCUT2D eigenvalue weighted by Crippen LogP contribution is 2.04. The Balaban J connectivity index is 2.18. The molecule has 4 nitrogen and oxygen atoms in total. The van der Waals surface area contributed by atoms with Gasteiger partial charge in [0.05, 0.1) is 12.7 Å². The molecule has 0 aromatic heterocycles. The van der Waals surface area contributed by atoms with Crippen molar-refractivity contribution >= 4 is 10.8 Å². The van der Waals surface area contributed by atoms with E-state index in [0.29, 0.717) is 11.8 Å². The summed E-state index contributed by atoms with van der Waals surface area (Å²) in [4.78, 5) is 2.40. The van der Waals surface area contributed by atoms with Crippen LogP contribution in [0.3, 0.4) is 0 Å². The summed E-state index contributed by atoms with van der Waals surface area (Å²) in [6.45, 7) is 9.07. The van der Waals surface area contributed by atoms with Crippen LogP contribution in [0.5, 0.6) is 0 Å². The van der Waals surface area contributed by atoms with Crippen LogP contribution in [0.4, 0.5) is 0 Å². The Kier molecular flexibility index (Phi) is 6.49. The second-order valence-corrected chi connectivity index (χ2v) is 5.91. The largest absolute Gasteiger partial charge is 0.374 e. The lowest BCUT2D eigenvalue weighted by atomic mass is 10.2. The topological polar surface area (TPSA) is 41.6 Å². The fraction of sp³-hybridized carbons (Fsp3) is 1.00. The molecular formula is C11H24N2O2S. The second-order valence-electron chi connectivity index (χ2n) is 4.44. The zero-order valence-electron chi connectivity index (χ0n) is 10.6. The highest BCUT2D eigenvalue weighted by molar-refractivity contribution is 7.84. The number of rotatable bonds is 6. The van der Waals surface area contributed by atoms with Gasteiger partial charge >= 0.3 is 0 Å². The number of ether oxygens (including phenoxy) is 1. The first-order valence-corrected chi connectivity index (χ1v) is 7.72. The third-order valence-corrected chi connectivity index (χ3v) is 3.82. The summed E-state index contributed by atoms with van der Waals surface area (Å²) in [5, 5.41) is 3.38. The van der Waals surface area contributed by atoms with Crippen molar-refractivity contribution in [2.45, 2.75) is 26.0 Å². The summed E-state index contributed by atoms with van der Waals surface area (Å²) < 4.78 is 16.7. The van der Waals surface area contributed by atoms with E-state index >= 15 is 0 Å². The van der Waals surface area contributed by atoms with Gasteiger partial charge in [0.25, 0.3) is 0 Å². The van der Waals surface area contributed by atoms with E-state index < -0.39 is 10.8 Å². The molecule has 1 rings (SSSR count). The zero-order valence-corrected chi connectivity index (χ0v) is 11.4. The minimum Gasteiger partial charge on any atom is -0.374 e. The maximum Gasteiger partial charge on any atom is 0.0826 e. The molecule has 96 valence electrons. The van der Waals surface area contributed by atoms with Crippen molar-refractivity contribution in [1.29, 1.82) is 0 Å². The van der Waals surface area contributed by atoms with Crippen molar-refractivity contribution in [3.63, 3.8) is 0 Å². The van der Waals surface area contributed by atoms with E-state index in [1.54, 1.807) is 6.26 Å². The number of hydrogen-bond donors (Lipinski definition) is 1. The molecule has 0 radical (unpaired) electrons. The van der Waals surface area contributed by atoms with Gasteiger partial charge in [-0.15, -0.1) is 0 Å². The smallest absolute Gasteiger partial charge is 0.0826 e. The average Bonchev–Trinajstić information content (AvgIpc) is 2.26. The Morgan fingerprint density at radius 2 is 2.38 bits per heavy atom. The highest BCUT2D eigenvalue weighted by Gasteiger charge is 2.19. The standard InChI is InChI=1S/C11H24N2O2S/c1-4-13-5-6-15-11(8-13)7-12-10(2)9-16(3)14/h10-12H,4-9H2,1-3H3. The van der Waals surface area contributed by atoms with Gasteiger partial charge < -0.3 is 10.1 Å². The van der Waals surface area contributed by atoms with Gasteiger partial charge in [-0.25, -0.2) is 0 Å². The lowest BCUT2D eigenvalue weighted by Gasteiger charge is -2.32. The molecule has 1 saturated heterocycles. The van der Waals surface area contributed by atoms with Crippen LogP contribution >= 0.6 is 0 Å². The molecule has 3 atom stereocenters. The Morgan fingerprint density at radius 3 is 3.00 bits per heavy atom. The van der Waals surface area contributed by atoms with Crippen LogP contribution in [-0.4, -0.2) is 66.0 Å². The van der Waals surface area contributed by atoms with Crippen molar-refractivity contribution in [3.05, 3.63) is 0 Å². The van der Waals surface area contributed by atoms with E-state index in [1.165, 1.54) is 0 Å². The minimum absolute atomic E-state index is 0.279. The molecular weight excluding hydrogens is 224 g/mol. The van der Waals surface area contributed by atoms with Crippen LogP contribution in [0.1, 0.15) is 13.8 Å². The van der Waals surface area contributed by atoms with Crippen LogP contribution in [0.15, 0.2) is 0 Å². The van der Waals surface area contributed by atoms with E-state index in [9.17, 15) is 4.21 Å². The molecule has 0 saturated carbocycles. The third-order valence-electron chi connectivity index (χ3n) is 2.85. The van der Waals surface area contributed by atoms with E-state index in [-0.39, 0.29) is 6.10 Å². The monoisotopic (exact) mass is 248 g/mol. The van der Waals surface area contributed by atoms with E-state index in [0.717, 1.165) is 32.8 Å². The predicted molar refractivity (Wildman–Crippen MR) is 68.3 cm³/mol. The summed E-state index contributed by atoms with van der Waals surface area (Å²) in [7, 11) is -0.724. The normalized spacial score (nSPS) is 26.6. The fourth-order valence-corrected chi connectivity index (χ4v) is 2.76. The molecule has 0 amide bonds. The first kappa shape index (κ1) is 14.1. The molecule has 0 aromatic carbocycles. The van der Waals surface area contributed by atoms with Gasteiger partial charge in [-0.3, -0.25) is 9.11 Å². The van der Waals surface area contributed by atoms with E-state index in [1.807, 2.05) is 0 Å². The van der Waals surface area contributed by atoms with Gasteiger partial charge in [-0.2, -0.15) is 0 Å². The fourth-order valence-electron chi connectivity index (χ4n) is 1.93. The summed E-state index contributed by atoms with van der Waals surface area (Å²) in [6, 6.07) is 0.298. The molecule has 3 unspecified atom stereocenters. The SMILES string of the molecule is CCN1CCOC(CNC(C)CS(C)=O)C1. The molecule has 1 aliphatic rings. The van der Waals surface area contributed by atoms with Crippen molar-refractivity contribution in [2.75, 3.05) is 44.8 Å². The Hall–Kier alpha value is 0.0300. The molecule has 1 N–H and O–H groups in total. The van der Waals surface area contributed by atoms with Crippen molar-refractivity contribution in [2.24, 2.45) is 0 Å². The number of morpholine rings is 1. The van der Waals surface area contributed by atoms with Crippen LogP contribution in [0.25, 0.3) is 0 Å². The Labute approximate surface area is 101 Å². The maximum atomic E-state index is 11.0. The highest BCUT2D eigenvalue weighted by atomic mass is 32.2. The maximum absolute atomic E-state index is 11.0. The summed E-state index contributed by atoms with van der Waals surface area (Å²) in [6.07, 6.45) is 2.02. The lowest BCUT2D eigenvalue weighted by molar-refractivity contribution is -0.0259. The average molecular weight is 248 g/mol. The van der Waals surface area contributed by atoms with Crippen molar-refractivity contribution in [3.8, 4) is 0 Å². The van der Waals surface area contributed by atoms with Gasteiger partial charge in [0.15, 0.2) is 0 Å². The zero-order chi connectivity index (χ0) is 12.0. The van der Waals surface area contributed by atoms with Crippen LogP contribution < -0.4 is 5.32 Å². The minimum atomic E-state index is -0.724. The van der Waals surface area contributed by atoms with E-state index in [2.05, 4.69) is 24.1 Å². The lowest BCUT2D eigenvalue weighted by Crippen LogP contribution is -2.48. The molecule has 5 heteroatoms. The summed E-state index contributed by atoms with van der Waals surface area (Å²) >= 11 is 0. The number of nitrogens with zero attached hydrogens (tertiary/aromatic N) is 1. The molecule has 1 aliphatic heterocycles. The quantitative estimate of drug-likeness (QED) is 0.722. The van der Waals surface area contributed by atoms with Crippen LogP contribution in [0, 0.1) is 0 Å². The molecule has 0 spiro atoms. The van der Waals surface area contributed by atoms with Crippen LogP contribution in [-0.2, 0) is 15.5 Å². The third kappa shape index (κ3) is 5.39. The van der Waals surface area contributed by atoms with Gasteiger partial charge in [0.2, 0.25) is 0 Å². The van der Waals surface area contributed by atoms with Gasteiger partial charge in [-0.05, 0) is 13.5 Å².